The Morgan fingerprint density at radius 2 is 2.05 bits per heavy atom. The van der Waals surface area contributed by atoms with Gasteiger partial charge in [0.25, 0.3) is 0 Å². The minimum absolute atomic E-state index is 0.0298. The molecule has 1 heterocycles. The molecule has 0 bridgehead atoms. The van der Waals surface area contributed by atoms with E-state index in [-0.39, 0.29) is 5.91 Å². The van der Waals surface area contributed by atoms with Gasteiger partial charge in [0.1, 0.15) is 0 Å². The number of carbonyl (C=O) groups is 1. The van der Waals surface area contributed by atoms with Gasteiger partial charge in [-0.2, -0.15) is 0 Å². The number of rotatable bonds is 2. The molecule has 1 amide bonds. The molecule has 0 radical (unpaired) electrons. The summed E-state index contributed by atoms with van der Waals surface area (Å²) < 4.78 is 0.771. The molecule has 0 spiro atoms. The van der Waals surface area contributed by atoms with Crippen LogP contribution in [0.4, 0.5) is 22.7 Å². The van der Waals surface area contributed by atoms with Crippen molar-refractivity contribution in [3.8, 4) is 0 Å². The number of amides is 1. The Morgan fingerprint density at radius 3 is 2.86 bits per heavy atom. The Bertz CT molecular complexity index is 733. The van der Waals surface area contributed by atoms with E-state index >= 15 is 0 Å². The summed E-state index contributed by atoms with van der Waals surface area (Å²) >= 11 is 9.52. The molecule has 0 atom stereocenters. The van der Waals surface area contributed by atoms with Crippen molar-refractivity contribution in [1.82, 2.24) is 0 Å². The van der Waals surface area contributed by atoms with E-state index in [1.807, 2.05) is 24.3 Å². The van der Waals surface area contributed by atoms with Crippen molar-refractivity contribution in [3.05, 3.63) is 45.4 Å². The third-order valence-electron chi connectivity index (χ3n) is 3.39. The topological polar surface area (TPSA) is 67.2 Å². The molecule has 21 heavy (non-hydrogen) atoms. The molecule has 0 saturated carbocycles. The Morgan fingerprint density at radius 1 is 1.24 bits per heavy atom. The monoisotopic (exact) mass is 365 g/mol. The largest absolute Gasteiger partial charge is 0.397 e. The lowest BCUT2D eigenvalue weighted by atomic mass is 10.0. The van der Waals surface area contributed by atoms with Crippen LogP contribution in [0.25, 0.3) is 0 Å². The van der Waals surface area contributed by atoms with Crippen molar-refractivity contribution >= 4 is 56.2 Å². The van der Waals surface area contributed by atoms with Crippen LogP contribution < -0.4 is 16.4 Å². The van der Waals surface area contributed by atoms with E-state index in [9.17, 15) is 4.79 Å². The van der Waals surface area contributed by atoms with E-state index in [2.05, 4.69) is 26.6 Å². The zero-order chi connectivity index (χ0) is 15.0. The van der Waals surface area contributed by atoms with Crippen LogP contribution in [0.3, 0.4) is 0 Å². The first kappa shape index (κ1) is 14.2. The third kappa shape index (κ3) is 2.84. The molecular formula is C15H13BrClN3O. The molecular weight excluding hydrogens is 354 g/mol. The average Bonchev–Trinajstić information content (AvgIpc) is 2.45. The summed E-state index contributed by atoms with van der Waals surface area (Å²) in [5, 5.41) is 6.72. The molecule has 0 unspecified atom stereocenters. The number of fused-ring (bicyclic) bond motifs is 1. The Kier molecular flexibility index (Phi) is 3.78. The first-order chi connectivity index (χ1) is 10.0. The van der Waals surface area contributed by atoms with Crippen molar-refractivity contribution in [1.29, 1.82) is 0 Å². The van der Waals surface area contributed by atoms with Gasteiger partial charge in [-0.1, -0.05) is 17.7 Å². The first-order valence-corrected chi connectivity index (χ1v) is 7.65. The van der Waals surface area contributed by atoms with Crippen molar-refractivity contribution < 1.29 is 4.79 Å². The minimum Gasteiger partial charge on any atom is -0.397 e. The molecule has 6 heteroatoms. The van der Waals surface area contributed by atoms with Gasteiger partial charge in [0.15, 0.2) is 0 Å². The molecule has 0 aromatic heterocycles. The van der Waals surface area contributed by atoms with Gasteiger partial charge in [0, 0.05) is 12.1 Å². The summed E-state index contributed by atoms with van der Waals surface area (Å²) in [6, 6.07) is 9.30. The van der Waals surface area contributed by atoms with Gasteiger partial charge < -0.3 is 16.4 Å². The second-order valence-corrected chi connectivity index (χ2v) is 6.07. The molecule has 0 saturated heterocycles. The Hall–Kier alpha value is -1.72. The highest BCUT2D eigenvalue weighted by atomic mass is 79.9. The molecule has 4 nitrogen and oxygen atoms in total. The molecule has 108 valence electrons. The van der Waals surface area contributed by atoms with Crippen LogP contribution >= 0.6 is 27.5 Å². The molecule has 2 aromatic carbocycles. The fourth-order valence-corrected chi connectivity index (χ4v) is 2.84. The van der Waals surface area contributed by atoms with Crippen LogP contribution in [0.2, 0.25) is 5.02 Å². The quantitative estimate of drug-likeness (QED) is 0.694. The van der Waals surface area contributed by atoms with E-state index in [1.54, 1.807) is 6.07 Å². The van der Waals surface area contributed by atoms with E-state index in [4.69, 9.17) is 17.3 Å². The number of hydrogen-bond acceptors (Lipinski definition) is 3. The van der Waals surface area contributed by atoms with Gasteiger partial charge in [0.2, 0.25) is 5.91 Å². The molecule has 0 aliphatic carbocycles. The zero-order valence-electron chi connectivity index (χ0n) is 11.0. The van der Waals surface area contributed by atoms with Crippen LogP contribution in [0.5, 0.6) is 0 Å². The highest BCUT2D eigenvalue weighted by molar-refractivity contribution is 9.10. The summed E-state index contributed by atoms with van der Waals surface area (Å²) in [6.07, 6.45) is 1.21. The summed E-state index contributed by atoms with van der Waals surface area (Å²) in [5.41, 5.74) is 10.1. The van der Waals surface area contributed by atoms with Crippen LogP contribution in [-0.4, -0.2) is 5.91 Å². The Labute approximate surface area is 135 Å². The van der Waals surface area contributed by atoms with Crippen LogP contribution in [0.15, 0.2) is 34.8 Å². The molecule has 1 aliphatic rings. The lowest BCUT2D eigenvalue weighted by molar-refractivity contribution is -0.116. The van der Waals surface area contributed by atoms with E-state index in [0.29, 0.717) is 23.6 Å². The van der Waals surface area contributed by atoms with Gasteiger partial charge in [-0.3, -0.25) is 4.79 Å². The van der Waals surface area contributed by atoms with Gasteiger partial charge >= 0.3 is 0 Å². The predicted molar refractivity (Wildman–Crippen MR) is 90.2 cm³/mol. The van der Waals surface area contributed by atoms with Gasteiger partial charge in [0.05, 0.1) is 26.6 Å². The standard InChI is InChI=1S/C15H13BrClN3O/c16-15-9(17)2-1-3-11(15)19-13-7-12-8(6-10(13)18)4-5-14(21)20-12/h1-3,6-7,19H,4-5,18H2,(H,20,21). The number of carbonyl (C=O) groups excluding carboxylic acids is 1. The maximum atomic E-state index is 11.5. The summed E-state index contributed by atoms with van der Waals surface area (Å²) in [5.74, 6) is 0.0298. The highest BCUT2D eigenvalue weighted by Crippen LogP contribution is 2.36. The van der Waals surface area contributed by atoms with Crippen molar-refractivity contribution in [2.45, 2.75) is 12.8 Å². The molecule has 2 aromatic rings. The molecule has 4 N–H and O–H groups in total. The van der Waals surface area contributed by atoms with Gasteiger partial charge in [-0.15, -0.1) is 0 Å². The minimum atomic E-state index is 0.0298. The number of nitrogen functional groups attached to an aromatic ring is 1. The number of halogens is 2. The second kappa shape index (κ2) is 5.58. The lowest BCUT2D eigenvalue weighted by Gasteiger charge is -2.20. The third-order valence-corrected chi connectivity index (χ3v) is 4.79. The number of nitrogens with two attached hydrogens (primary N) is 1. The van der Waals surface area contributed by atoms with Crippen LogP contribution in [0.1, 0.15) is 12.0 Å². The number of hydrogen-bond donors (Lipinski definition) is 3. The SMILES string of the molecule is Nc1cc2c(cc1Nc1cccc(Cl)c1Br)NC(=O)CC2. The van der Waals surface area contributed by atoms with E-state index < -0.39 is 0 Å². The van der Waals surface area contributed by atoms with Crippen molar-refractivity contribution in [2.24, 2.45) is 0 Å². The number of aryl methyl sites for hydroxylation is 1. The first-order valence-electron chi connectivity index (χ1n) is 6.48. The van der Waals surface area contributed by atoms with Crippen molar-refractivity contribution in [3.63, 3.8) is 0 Å². The molecule has 0 fully saturated rings. The summed E-state index contributed by atoms with van der Waals surface area (Å²) in [7, 11) is 0. The fraction of sp³-hybridized carbons (Fsp3) is 0.133. The van der Waals surface area contributed by atoms with Gasteiger partial charge in [-0.05, 0) is 52.2 Å². The molecule has 1 aliphatic heterocycles. The molecule has 3 rings (SSSR count). The summed E-state index contributed by atoms with van der Waals surface area (Å²) in [6.45, 7) is 0. The van der Waals surface area contributed by atoms with Crippen LogP contribution in [-0.2, 0) is 11.2 Å². The average molecular weight is 367 g/mol. The maximum absolute atomic E-state index is 11.5. The zero-order valence-corrected chi connectivity index (χ0v) is 13.4. The van der Waals surface area contributed by atoms with E-state index in [0.717, 1.165) is 27.1 Å². The smallest absolute Gasteiger partial charge is 0.224 e. The van der Waals surface area contributed by atoms with Crippen molar-refractivity contribution in [2.75, 3.05) is 16.4 Å². The number of nitrogens with one attached hydrogen (secondary N) is 2. The maximum Gasteiger partial charge on any atom is 0.224 e. The summed E-state index contributed by atoms with van der Waals surface area (Å²) in [4.78, 5) is 11.5. The van der Waals surface area contributed by atoms with Gasteiger partial charge in [-0.25, -0.2) is 0 Å². The fourth-order valence-electron chi connectivity index (χ4n) is 2.30. The normalized spacial score (nSPS) is 13.5. The number of benzene rings is 2. The lowest BCUT2D eigenvalue weighted by Crippen LogP contribution is -2.19. The number of anilines is 4. The second-order valence-electron chi connectivity index (χ2n) is 4.87. The van der Waals surface area contributed by atoms with E-state index in [1.165, 1.54) is 0 Å². The highest BCUT2D eigenvalue weighted by Gasteiger charge is 2.17. The van der Waals surface area contributed by atoms with Crippen LogP contribution in [0, 0.1) is 0 Å². The predicted octanol–water partition coefficient (Wildman–Crippen LogP) is 4.31. The Balaban J connectivity index is 1.97.